The Bertz CT molecular complexity index is 381. The van der Waals surface area contributed by atoms with E-state index in [4.69, 9.17) is 5.73 Å². The quantitative estimate of drug-likeness (QED) is 0.798. The number of hydrogen-bond donors (Lipinski definition) is 2. The standard InChI is InChI=1S/C13H17N3/c14-9-8-12-10-15-13(16-12)7-6-11-4-2-1-3-5-11/h1-7,12H,8-10,14H2,(H,15,16)/b7-6+/t12-/m0/s1. The van der Waals surface area contributed by atoms with E-state index < -0.39 is 0 Å². The van der Waals surface area contributed by atoms with Gasteiger partial charge < -0.3 is 11.1 Å². The number of amidine groups is 1. The molecule has 3 N–H and O–H groups in total. The lowest BCUT2D eigenvalue weighted by Crippen LogP contribution is -2.31. The average molecular weight is 215 g/mol. The molecule has 2 rings (SSSR count). The molecule has 3 nitrogen and oxygen atoms in total. The van der Waals surface area contributed by atoms with E-state index in [1.54, 1.807) is 0 Å². The SMILES string of the molecule is NCC[C@H]1CN=C(/C=C/c2ccccc2)N1. The van der Waals surface area contributed by atoms with Crippen molar-refractivity contribution in [3.8, 4) is 0 Å². The van der Waals surface area contributed by atoms with Crippen molar-refractivity contribution in [2.75, 3.05) is 13.1 Å². The summed E-state index contributed by atoms with van der Waals surface area (Å²) in [5.74, 6) is 0.960. The Morgan fingerprint density at radius 1 is 1.31 bits per heavy atom. The minimum atomic E-state index is 0.417. The van der Waals surface area contributed by atoms with Gasteiger partial charge in [-0.3, -0.25) is 4.99 Å². The third kappa shape index (κ3) is 2.94. The van der Waals surface area contributed by atoms with Crippen LogP contribution in [-0.2, 0) is 0 Å². The fourth-order valence-corrected chi connectivity index (χ4v) is 1.71. The van der Waals surface area contributed by atoms with Gasteiger partial charge in [0.2, 0.25) is 0 Å². The number of hydrogen-bond acceptors (Lipinski definition) is 3. The van der Waals surface area contributed by atoms with E-state index in [0.29, 0.717) is 12.6 Å². The van der Waals surface area contributed by atoms with Crippen molar-refractivity contribution in [1.82, 2.24) is 5.32 Å². The molecule has 0 spiro atoms. The number of nitrogens with one attached hydrogen (secondary N) is 1. The number of benzene rings is 1. The number of rotatable bonds is 4. The molecule has 0 aliphatic carbocycles. The maximum atomic E-state index is 5.51. The van der Waals surface area contributed by atoms with Gasteiger partial charge in [0.05, 0.1) is 6.54 Å². The maximum Gasteiger partial charge on any atom is 0.121 e. The zero-order chi connectivity index (χ0) is 11.2. The molecule has 0 amide bonds. The molecule has 0 saturated heterocycles. The first-order chi connectivity index (χ1) is 7.88. The highest BCUT2D eigenvalue weighted by atomic mass is 15.1. The summed E-state index contributed by atoms with van der Waals surface area (Å²) in [6, 6.07) is 10.6. The molecule has 1 aliphatic rings. The van der Waals surface area contributed by atoms with E-state index in [1.165, 1.54) is 5.56 Å². The molecular weight excluding hydrogens is 198 g/mol. The summed E-state index contributed by atoms with van der Waals surface area (Å²) < 4.78 is 0. The highest BCUT2D eigenvalue weighted by Crippen LogP contribution is 2.04. The van der Waals surface area contributed by atoms with Crippen LogP contribution in [0.2, 0.25) is 0 Å². The number of nitrogens with zero attached hydrogens (tertiary/aromatic N) is 1. The minimum absolute atomic E-state index is 0.417. The van der Waals surface area contributed by atoms with Crippen LogP contribution in [0.15, 0.2) is 41.4 Å². The zero-order valence-corrected chi connectivity index (χ0v) is 9.26. The molecule has 1 atom stereocenters. The first-order valence-electron chi connectivity index (χ1n) is 5.62. The van der Waals surface area contributed by atoms with E-state index >= 15 is 0 Å². The van der Waals surface area contributed by atoms with E-state index in [-0.39, 0.29) is 0 Å². The van der Waals surface area contributed by atoms with Gasteiger partial charge in [0, 0.05) is 6.04 Å². The molecule has 84 valence electrons. The molecule has 0 fully saturated rings. The van der Waals surface area contributed by atoms with Crippen LogP contribution in [0.5, 0.6) is 0 Å². The van der Waals surface area contributed by atoms with Crippen LogP contribution in [0.3, 0.4) is 0 Å². The maximum absolute atomic E-state index is 5.51. The van der Waals surface area contributed by atoms with E-state index in [0.717, 1.165) is 18.8 Å². The zero-order valence-electron chi connectivity index (χ0n) is 9.26. The first-order valence-corrected chi connectivity index (χ1v) is 5.62. The van der Waals surface area contributed by atoms with Crippen LogP contribution in [0.4, 0.5) is 0 Å². The fourth-order valence-electron chi connectivity index (χ4n) is 1.71. The summed E-state index contributed by atoms with van der Waals surface area (Å²) >= 11 is 0. The van der Waals surface area contributed by atoms with Crippen LogP contribution in [0.1, 0.15) is 12.0 Å². The summed E-state index contributed by atoms with van der Waals surface area (Å²) in [6.07, 6.45) is 5.06. The second-order valence-corrected chi connectivity index (χ2v) is 3.89. The van der Waals surface area contributed by atoms with Gasteiger partial charge in [-0.25, -0.2) is 0 Å². The van der Waals surface area contributed by atoms with Gasteiger partial charge in [0.25, 0.3) is 0 Å². The van der Waals surface area contributed by atoms with Gasteiger partial charge in [-0.1, -0.05) is 36.4 Å². The Labute approximate surface area is 96.1 Å². The van der Waals surface area contributed by atoms with Crippen molar-refractivity contribution in [3.05, 3.63) is 42.0 Å². The van der Waals surface area contributed by atoms with Crippen molar-refractivity contribution in [2.24, 2.45) is 10.7 Å². The summed E-state index contributed by atoms with van der Waals surface area (Å²) in [7, 11) is 0. The molecule has 1 aromatic rings. The van der Waals surface area contributed by atoms with Crippen molar-refractivity contribution in [2.45, 2.75) is 12.5 Å². The molecule has 0 unspecified atom stereocenters. The summed E-state index contributed by atoms with van der Waals surface area (Å²) in [4.78, 5) is 4.41. The Morgan fingerprint density at radius 3 is 2.88 bits per heavy atom. The summed E-state index contributed by atoms with van der Waals surface area (Å²) in [5, 5.41) is 3.35. The van der Waals surface area contributed by atoms with Crippen LogP contribution in [0, 0.1) is 0 Å². The van der Waals surface area contributed by atoms with Gasteiger partial charge in [-0.05, 0) is 24.6 Å². The molecule has 1 aliphatic heterocycles. The van der Waals surface area contributed by atoms with Crippen LogP contribution in [-0.4, -0.2) is 25.0 Å². The number of aliphatic imine (C=N–C) groups is 1. The topological polar surface area (TPSA) is 50.4 Å². The number of nitrogens with two attached hydrogens (primary N) is 1. The van der Waals surface area contributed by atoms with Crippen molar-refractivity contribution in [1.29, 1.82) is 0 Å². The normalized spacial score (nSPS) is 19.8. The highest BCUT2D eigenvalue weighted by molar-refractivity contribution is 5.97. The molecule has 3 heteroatoms. The van der Waals surface area contributed by atoms with Gasteiger partial charge in [0.1, 0.15) is 5.84 Å². The average Bonchev–Trinajstić information content (AvgIpc) is 2.76. The Hall–Kier alpha value is -1.61. The smallest absolute Gasteiger partial charge is 0.121 e. The molecule has 1 aromatic carbocycles. The second-order valence-electron chi connectivity index (χ2n) is 3.89. The van der Waals surface area contributed by atoms with Gasteiger partial charge in [-0.2, -0.15) is 0 Å². The predicted octanol–water partition coefficient (Wildman–Crippen LogP) is 1.42. The van der Waals surface area contributed by atoms with Crippen LogP contribution < -0.4 is 11.1 Å². The fraction of sp³-hybridized carbons (Fsp3) is 0.308. The van der Waals surface area contributed by atoms with Crippen molar-refractivity contribution < 1.29 is 0 Å². The molecule has 0 bridgehead atoms. The second kappa shape index (κ2) is 5.47. The van der Waals surface area contributed by atoms with E-state index in [1.807, 2.05) is 24.3 Å². The van der Waals surface area contributed by atoms with E-state index in [2.05, 4.69) is 28.5 Å². The first kappa shape index (κ1) is 10.9. The molecule has 0 saturated carbocycles. The Kier molecular flexibility index (Phi) is 3.72. The van der Waals surface area contributed by atoms with Gasteiger partial charge in [0.15, 0.2) is 0 Å². The minimum Gasteiger partial charge on any atom is -0.366 e. The van der Waals surface area contributed by atoms with E-state index in [9.17, 15) is 0 Å². The Balaban J connectivity index is 1.90. The van der Waals surface area contributed by atoms with Gasteiger partial charge >= 0.3 is 0 Å². The molecule has 0 radical (unpaired) electrons. The largest absolute Gasteiger partial charge is 0.366 e. The van der Waals surface area contributed by atoms with Gasteiger partial charge in [-0.15, -0.1) is 0 Å². The predicted molar refractivity (Wildman–Crippen MR) is 68.4 cm³/mol. The van der Waals surface area contributed by atoms with Crippen molar-refractivity contribution >= 4 is 11.9 Å². The monoisotopic (exact) mass is 215 g/mol. The molecular formula is C13H17N3. The third-order valence-corrected chi connectivity index (χ3v) is 2.58. The molecule has 0 aromatic heterocycles. The highest BCUT2D eigenvalue weighted by Gasteiger charge is 2.13. The third-order valence-electron chi connectivity index (χ3n) is 2.58. The molecule has 16 heavy (non-hydrogen) atoms. The van der Waals surface area contributed by atoms with Crippen LogP contribution >= 0.6 is 0 Å². The lowest BCUT2D eigenvalue weighted by Gasteiger charge is -2.07. The summed E-state index contributed by atoms with van der Waals surface area (Å²) in [6.45, 7) is 1.55. The Morgan fingerprint density at radius 2 is 2.12 bits per heavy atom. The van der Waals surface area contributed by atoms with Crippen molar-refractivity contribution in [3.63, 3.8) is 0 Å². The lowest BCUT2D eigenvalue weighted by molar-refractivity contribution is 0.610. The lowest BCUT2D eigenvalue weighted by atomic mass is 10.2. The molecule has 1 heterocycles. The van der Waals surface area contributed by atoms with Crippen LogP contribution in [0.25, 0.3) is 6.08 Å². The summed E-state index contributed by atoms with van der Waals surface area (Å²) in [5.41, 5.74) is 6.70.